The summed E-state index contributed by atoms with van der Waals surface area (Å²) >= 11 is 11.8. The van der Waals surface area contributed by atoms with Gasteiger partial charge in [0.2, 0.25) is 5.76 Å². The Morgan fingerprint density at radius 2 is 1.48 bits per heavy atom. The number of anilines is 1. The molecule has 0 unspecified atom stereocenters. The van der Waals surface area contributed by atoms with Gasteiger partial charge in [0.15, 0.2) is 17.4 Å². The molecular formula is C20H16ClN2OS+. The average molecular weight is 368 g/mol. The van der Waals surface area contributed by atoms with Crippen molar-refractivity contribution in [2.24, 2.45) is 0 Å². The molecule has 1 aromatic heterocycles. The van der Waals surface area contributed by atoms with E-state index in [4.69, 9.17) is 23.8 Å². The van der Waals surface area contributed by atoms with Crippen LogP contribution in [0.15, 0.2) is 85.2 Å². The quantitative estimate of drug-likeness (QED) is 0.296. The van der Waals surface area contributed by atoms with E-state index in [0.717, 1.165) is 5.69 Å². The molecule has 0 atom stereocenters. The van der Waals surface area contributed by atoms with E-state index in [9.17, 15) is 5.11 Å². The molecule has 0 amide bonds. The minimum absolute atomic E-state index is 0.00947. The zero-order chi connectivity index (χ0) is 17.6. The van der Waals surface area contributed by atoms with Crippen LogP contribution in [0.4, 0.5) is 5.69 Å². The van der Waals surface area contributed by atoms with Crippen LogP contribution in [-0.4, -0.2) is 10.1 Å². The second kappa shape index (κ2) is 7.92. The minimum atomic E-state index is 0.00947. The SMILES string of the molecule is OC(=C(C(=S)Nc1ccccc1)[n+]1ccccc1)c1ccccc1Cl. The highest BCUT2D eigenvalue weighted by atomic mass is 35.5. The van der Waals surface area contributed by atoms with Gasteiger partial charge >= 0.3 is 0 Å². The van der Waals surface area contributed by atoms with E-state index in [2.05, 4.69) is 5.32 Å². The van der Waals surface area contributed by atoms with Crippen molar-refractivity contribution in [2.75, 3.05) is 5.32 Å². The smallest absolute Gasteiger partial charge is 0.288 e. The molecule has 0 saturated heterocycles. The molecule has 0 saturated carbocycles. The van der Waals surface area contributed by atoms with E-state index >= 15 is 0 Å². The third-order valence-corrected chi connectivity index (χ3v) is 4.20. The predicted molar refractivity (Wildman–Crippen MR) is 106 cm³/mol. The second-order valence-corrected chi connectivity index (χ2v) is 6.10. The summed E-state index contributed by atoms with van der Waals surface area (Å²) in [6.07, 6.45) is 3.64. The van der Waals surface area contributed by atoms with Crippen LogP contribution in [-0.2, 0) is 0 Å². The molecule has 0 aliphatic rings. The normalized spacial score (nSPS) is 11.6. The molecule has 2 aromatic carbocycles. The van der Waals surface area contributed by atoms with Gasteiger partial charge in [-0.05, 0) is 24.3 Å². The number of para-hydroxylation sites is 1. The number of hydrogen-bond acceptors (Lipinski definition) is 2. The van der Waals surface area contributed by atoms with Gasteiger partial charge in [-0.2, -0.15) is 4.57 Å². The number of nitrogens with zero attached hydrogens (tertiary/aromatic N) is 1. The second-order valence-electron chi connectivity index (χ2n) is 5.28. The van der Waals surface area contributed by atoms with Crippen LogP contribution in [0.25, 0.3) is 11.5 Å². The molecule has 1 heterocycles. The lowest BCUT2D eigenvalue weighted by atomic mass is 10.1. The standard InChI is InChI=1S/C20H15ClN2OS/c21-17-12-6-5-11-16(17)19(24)18(23-13-7-2-8-14-23)20(25)22-15-9-3-1-4-10-15/h1-14H,(H-,22,24,25)/p+1. The molecule has 5 heteroatoms. The first-order valence-corrected chi connectivity index (χ1v) is 8.46. The molecule has 25 heavy (non-hydrogen) atoms. The summed E-state index contributed by atoms with van der Waals surface area (Å²) in [7, 11) is 0. The lowest BCUT2D eigenvalue weighted by Gasteiger charge is -2.10. The molecule has 3 nitrogen and oxygen atoms in total. The number of rotatable bonds is 4. The van der Waals surface area contributed by atoms with Gasteiger partial charge in [0.1, 0.15) is 0 Å². The Morgan fingerprint density at radius 1 is 0.880 bits per heavy atom. The largest absolute Gasteiger partial charge is 0.502 e. The fraction of sp³-hybridized carbons (Fsp3) is 0. The van der Waals surface area contributed by atoms with Crippen LogP contribution in [0, 0.1) is 0 Å². The number of aliphatic hydroxyl groups excluding tert-OH is 1. The Labute approximate surface area is 156 Å². The van der Waals surface area contributed by atoms with Gasteiger partial charge in [0.25, 0.3) is 5.70 Å². The van der Waals surface area contributed by atoms with Crippen LogP contribution >= 0.6 is 23.8 Å². The molecule has 3 aromatic rings. The van der Waals surface area contributed by atoms with Crippen molar-refractivity contribution in [2.45, 2.75) is 0 Å². The topological polar surface area (TPSA) is 36.1 Å². The number of aliphatic hydroxyl groups is 1. The first-order chi connectivity index (χ1) is 12.2. The monoisotopic (exact) mass is 367 g/mol. The Balaban J connectivity index is 2.09. The molecule has 0 spiro atoms. The number of thiocarbonyl (C=S) groups is 1. The number of benzene rings is 2. The number of pyridine rings is 1. The summed E-state index contributed by atoms with van der Waals surface area (Å²) in [5, 5.41) is 14.5. The maximum atomic E-state index is 10.9. The van der Waals surface area contributed by atoms with E-state index in [-0.39, 0.29) is 5.76 Å². The van der Waals surface area contributed by atoms with Gasteiger partial charge in [-0.3, -0.25) is 0 Å². The summed E-state index contributed by atoms with van der Waals surface area (Å²) < 4.78 is 1.76. The Kier molecular flexibility index (Phi) is 5.43. The summed E-state index contributed by atoms with van der Waals surface area (Å²) in [5.74, 6) is 0.00947. The zero-order valence-corrected chi connectivity index (χ0v) is 14.8. The highest BCUT2D eigenvalue weighted by Crippen LogP contribution is 2.25. The molecule has 0 aliphatic carbocycles. The van der Waals surface area contributed by atoms with E-state index in [1.165, 1.54) is 0 Å². The highest BCUT2D eigenvalue weighted by molar-refractivity contribution is 7.81. The lowest BCUT2D eigenvalue weighted by Crippen LogP contribution is -2.38. The third-order valence-electron chi connectivity index (χ3n) is 3.57. The van der Waals surface area contributed by atoms with E-state index in [1.807, 2.05) is 73.1 Å². The molecule has 0 fully saturated rings. The van der Waals surface area contributed by atoms with Crippen LogP contribution in [0.3, 0.4) is 0 Å². The van der Waals surface area contributed by atoms with Gasteiger partial charge in [-0.15, -0.1) is 0 Å². The Bertz CT molecular complexity index is 911. The summed E-state index contributed by atoms with van der Waals surface area (Å²) in [5.41, 5.74) is 1.81. The van der Waals surface area contributed by atoms with Gasteiger partial charge in [-0.25, -0.2) is 0 Å². The molecule has 0 radical (unpaired) electrons. The molecule has 3 rings (SSSR count). The number of halogens is 1. The average Bonchev–Trinajstić information content (AvgIpc) is 2.64. The predicted octanol–water partition coefficient (Wildman–Crippen LogP) is 4.95. The Morgan fingerprint density at radius 3 is 2.16 bits per heavy atom. The molecular weight excluding hydrogens is 352 g/mol. The van der Waals surface area contributed by atoms with Crippen LogP contribution in [0.1, 0.15) is 5.56 Å². The lowest BCUT2D eigenvalue weighted by molar-refractivity contribution is -0.575. The summed E-state index contributed by atoms with van der Waals surface area (Å²) in [6.45, 7) is 0. The van der Waals surface area contributed by atoms with Crippen molar-refractivity contribution in [1.29, 1.82) is 0 Å². The van der Waals surface area contributed by atoms with Crippen molar-refractivity contribution in [1.82, 2.24) is 0 Å². The van der Waals surface area contributed by atoms with E-state index in [0.29, 0.717) is 21.3 Å². The Hall–Kier alpha value is -2.69. The van der Waals surface area contributed by atoms with Gasteiger partial charge in [-0.1, -0.05) is 60.2 Å². The fourth-order valence-electron chi connectivity index (χ4n) is 2.39. The van der Waals surface area contributed by atoms with E-state index in [1.54, 1.807) is 16.7 Å². The van der Waals surface area contributed by atoms with Crippen molar-refractivity contribution >= 4 is 46.0 Å². The minimum Gasteiger partial charge on any atom is -0.502 e. The number of hydrogen-bond donors (Lipinski definition) is 2. The molecule has 2 N–H and O–H groups in total. The van der Waals surface area contributed by atoms with Crippen molar-refractivity contribution < 1.29 is 9.67 Å². The first kappa shape index (κ1) is 17.1. The van der Waals surface area contributed by atoms with Gasteiger partial charge in [0, 0.05) is 23.4 Å². The maximum absolute atomic E-state index is 10.9. The molecule has 124 valence electrons. The fourth-order valence-corrected chi connectivity index (χ4v) is 2.93. The maximum Gasteiger partial charge on any atom is 0.288 e. The van der Waals surface area contributed by atoms with Gasteiger partial charge in [0.05, 0.1) is 5.02 Å². The summed E-state index contributed by atoms with van der Waals surface area (Å²) in [6, 6.07) is 22.3. The van der Waals surface area contributed by atoms with Gasteiger partial charge < -0.3 is 10.4 Å². The highest BCUT2D eigenvalue weighted by Gasteiger charge is 2.24. The zero-order valence-electron chi connectivity index (χ0n) is 13.3. The van der Waals surface area contributed by atoms with Crippen molar-refractivity contribution in [3.63, 3.8) is 0 Å². The van der Waals surface area contributed by atoms with Crippen LogP contribution in [0.5, 0.6) is 0 Å². The van der Waals surface area contributed by atoms with Crippen molar-refractivity contribution in [3.05, 3.63) is 95.8 Å². The molecule has 0 bridgehead atoms. The summed E-state index contributed by atoms with van der Waals surface area (Å²) in [4.78, 5) is 0.389. The van der Waals surface area contributed by atoms with Crippen molar-refractivity contribution in [3.8, 4) is 0 Å². The third kappa shape index (κ3) is 4.05. The number of nitrogens with one attached hydrogen (secondary N) is 1. The van der Waals surface area contributed by atoms with E-state index < -0.39 is 0 Å². The first-order valence-electron chi connectivity index (χ1n) is 7.68. The molecule has 0 aliphatic heterocycles. The van der Waals surface area contributed by atoms with Crippen LogP contribution in [0.2, 0.25) is 5.02 Å². The van der Waals surface area contributed by atoms with Crippen LogP contribution < -0.4 is 9.88 Å². The number of aromatic nitrogens is 1.